The molecule has 0 aromatic carbocycles. The lowest BCUT2D eigenvalue weighted by Gasteiger charge is -2.29. The van der Waals surface area contributed by atoms with Gasteiger partial charge in [0.05, 0.1) is 19.6 Å². The summed E-state index contributed by atoms with van der Waals surface area (Å²) >= 11 is 1.55. The molecule has 0 saturated carbocycles. The van der Waals surface area contributed by atoms with Crippen molar-refractivity contribution in [3.05, 3.63) is 5.01 Å². The Morgan fingerprint density at radius 2 is 2.14 bits per heavy atom. The summed E-state index contributed by atoms with van der Waals surface area (Å²) in [6.45, 7) is 7.58. The summed E-state index contributed by atoms with van der Waals surface area (Å²) in [6, 6.07) is 0. The van der Waals surface area contributed by atoms with Crippen LogP contribution in [0.5, 0.6) is 0 Å². The first-order valence-corrected chi connectivity index (χ1v) is 8.10. The van der Waals surface area contributed by atoms with Crippen LogP contribution in [0.2, 0.25) is 0 Å². The third kappa shape index (κ3) is 5.22. The fourth-order valence-corrected chi connectivity index (χ4v) is 2.97. The summed E-state index contributed by atoms with van der Waals surface area (Å²) in [5.74, 6) is -0.786. The van der Waals surface area contributed by atoms with Crippen molar-refractivity contribution < 1.29 is 14.6 Å². The Balaban J connectivity index is 1.92. The first-order chi connectivity index (χ1) is 10.2. The zero-order valence-corrected chi connectivity index (χ0v) is 13.1. The topological polar surface area (TPSA) is 78.8 Å². The van der Waals surface area contributed by atoms with Gasteiger partial charge in [-0.1, -0.05) is 18.3 Å². The van der Waals surface area contributed by atoms with Gasteiger partial charge in [0.2, 0.25) is 5.13 Å². The van der Waals surface area contributed by atoms with E-state index >= 15 is 0 Å². The lowest BCUT2D eigenvalue weighted by Crippen LogP contribution is -2.42. The minimum absolute atomic E-state index is 0.115. The van der Waals surface area contributed by atoms with Crippen molar-refractivity contribution in [3.63, 3.8) is 0 Å². The van der Waals surface area contributed by atoms with Gasteiger partial charge in [0.15, 0.2) is 0 Å². The van der Waals surface area contributed by atoms with Gasteiger partial charge in [0.25, 0.3) is 0 Å². The zero-order chi connectivity index (χ0) is 15.1. The van der Waals surface area contributed by atoms with Crippen LogP contribution in [0.15, 0.2) is 0 Å². The molecule has 0 spiro atoms. The second-order valence-corrected chi connectivity index (χ2v) is 5.96. The average Bonchev–Trinajstić information content (AvgIpc) is 2.97. The molecule has 0 unspecified atom stereocenters. The number of anilines is 1. The Morgan fingerprint density at radius 3 is 2.76 bits per heavy atom. The van der Waals surface area contributed by atoms with Crippen LogP contribution >= 0.6 is 11.3 Å². The quantitative estimate of drug-likeness (QED) is 0.757. The maximum atomic E-state index is 10.8. The van der Waals surface area contributed by atoms with E-state index in [1.807, 2.05) is 11.8 Å². The number of carboxylic acid groups (broad SMARTS) is 1. The van der Waals surface area contributed by atoms with E-state index in [9.17, 15) is 4.79 Å². The van der Waals surface area contributed by atoms with Crippen molar-refractivity contribution in [2.75, 3.05) is 50.8 Å². The molecule has 0 bridgehead atoms. The molecule has 1 N–H and O–H groups in total. The molecule has 0 aliphatic carbocycles. The number of aliphatic carboxylic acids is 1. The smallest absolute Gasteiger partial charge is 0.305 e. The average molecular weight is 314 g/mol. The first kappa shape index (κ1) is 16.1. The van der Waals surface area contributed by atoms with E-state index < -0.39 is 5.97 Å². The summed E-state index contributed by atoms with van der Waals surface area (Å²) in [5.41, 5.74) is 0. The molecule has 7 nitrogen and oxygen atoms in total. The van der Waals surface area contributed by atoms with Crippen LogP contribution in [0.25, 0.3) is 0 Å². The second kappa shape index (κ2) is 8.26. The van der Waals surface area contributed by atoms with Crippen LogP contribution in [0.4, 0.5) is 5.13 Å². The molecule has 0 amide bonds. The third-order valence-electron chi connectivity index (χ3n) is 3.41. The third-order valence-corrected chi connectivity index (χ3v) is 4.54. The number of carbonyl (C=O) groups is 1. The van der Waals surface area contributed by atoms with E-state index in [4.69, 9.17) is 9.84 Å². The fourth-order valence-electron chi connectivity index (χ4n) is 2.14. The maximum absolute atomic E-state index is 10.8. The van der Waals surface area contributed by atoms with Crippen molar-refractivity contribution in [2.45, 2.75) is 19.8 Å². The summed E-state index contributed by atoms with van der Waals surface area (Å²) < 4.78 is 5.33. The molecular weight excluding hydrogens is 292 g/mol. The van der Waals surface area contributed by atoms with E-state index in [2.05, 4.69) is 15.1 Å². The van der Waals surface area contributed by atoms with Gasteiger partial charge in [-0.05, 0) is 6.42 Å². The minimum atomic E-state index is -0.786. The highest BCUT2D eigenvalue weighted by molar-refractivity contribution is 7.15. The molecule has 1 aromatic heterocycles. The largest absolute Gasteiger partial charge is 0.481 e. The van der Waals surface area contributed by atoms with E-state index in [0.29, 0.717) is 6.54 Å². The van der Waals surface area contributed by atoms with E-state index in [1.54, 1.807) is 11.3 Å². The highest BCUT2D eigenvalue weighted by Gasteiger charge is 2.16. The summed E-state index contributed by atoms with van der Waals surface area (Å²) in [4.78, 5) is 15.2. The standard InChI is InChI=1S/C13H22N4O3S/c1-2-11-14-15-13(21-11)17(4-3-12(18)19)6-5-16-7-9-20-10-8-16/h2-10H2,1H3,(H,18,19). The molecule has 1 aromatic rings. The monoisotopic (exact) mass is 314 g/mol. The molecule has 1 fully saturated rings. The van der Waals surface area contributed by atoms with Gasteiger partial charge < -0.3 is 14.7 Å². The summed E-state index contributed by atoms with van der Waals surface area (Å²) in [7, 11) is 0. The van der Waals surface area contributed by atoms with Gasteiger partial charge in [-0.2, -0.15) is 0 Å². The maximum Gasteiger partial charge on any atom is 0.305 e. The molecule has 21 heavy (non-hydrogen) atoms. The van der Waals surface area contributed by atoms with Crippen molar-refractivity contribution in [1.82, 2.24) is 15.1 Å². The van der Waals surface area contributed by atoms with E-state index in [-0.39, 0.29) is 6.42 Å². The van der Waals surface area contributed by atoms with Gasteiger partial charge in [0.1, 0.15) is 5.01 Å². The number of hydrogen-bond donors (Lipinski definition) is 1. The summed E-state index contributed by atoms with van der Waals surface area (Å²) in [5, 5.41) is 19.0. The predicted octanol–water partition coefficient (Wildman–Crippen LogP) is 0.714. The van der Waals surface area contributed by atoms with Crippen LogP contribution in [0, 0.1) is 0 Å². The molecule has 2 heterocycles. The minimum Gasteiger partial charge on any atom is -0.481 e. The molecule has 0 atom stereocenters. The molecule has 8 heteroatoms. The lowest BCUT2D eigenvalue weighted by molar-refractivity contribution is -0.136. The van der Waals surface area contributed by atoms with Gasteiger partial charge in [0, 0.05) is 32.7 Å². The van der Waals surface area contributed by atoms with Crippen molar-refractivity contribution >= 4 is 22.4 Å². The molecular formula is C13H22N4O3S. The number of ether oxygens (including phenoxy) is 1. The highest BCUT2D eigenvalue weighted by atomic mass is 32.1. The Hall–Kier alpha value is -1.25. The normalized spacial score (nSPS) is 16.0. The Labute approximate surface area is 128 Å². The predicted molar refractivity (Wildman–Crippen MR) is 81.0 cm³/mol. The van der Waals surface area contributed by atoms with Gasteiger partial charge >= 0.3 is 5.97 Å². The van der Waals surface area contributed by atoms with Gasteiger partial charge in [-0.15, -0.1) is 10.2 Å². The first-order valence-electron chi connectivity index (χ1n) is 7.28. The molecule has 1 aliphatic rings. The molecule has 118 valence electrons. The number of nitrogens with zero attached hydrogens (tertiary/aromatic N) is 4. The number of aryl methyl sites for hydroxylation is 1. The van der Waals surface area contributed by atoms with E-state index in [0.717, 1.165) is 56.0 Å². The van der Waals surface area contributed by atoms with Crippen LogP contribution in [0.1, 0.15) is 18.4 Å². The van der Waals surface area contributed by atoms with Crippen molar-refractivity contribution in [3.8, 4) is 0 Å². The molecule has 2 rings (SSSR count). The second-order valence-electron chi connectivity index (χ2n) is 4.92. The molecule has 1 saturated heterocycles. The van der Waals surface area contributed by atoms with Gasteiger partial charge in [-0.3, -0.25) is 9.69 Å². The Kier molecular flexibility index (Phi) is 6.34. The fraction of sp³-hybridized carbons (Fsp3) is 0.769. The van der Waals surface area contributed by atoms with Crippen LogP contribution < -0.4 is 4.90 Å². The Bertz CT molecular complexity index is 448. The van der Waals surface area contributed by atoms with Crippen molar-refractivity contribution in [1.29, 1.82) is 0 Å². The number of aromatic nitrogens is 2. The zero-order valence-electron chi connectivity index (χ0n) is 12.3. The number of rotatable bonds is 8. The Morgan fingerprint density at radius 1 is 1.38 bits per heavy atom. The lowest BCUT2D eigenvalue weighted by atomic mass is 10.3. The summed E-state index contributed by atoms with van der Waals surface area (Å²) in [6.07, 6.45) is 0.970. The number of morpholine rings is 1. The van der Waals surface area contributed by atoms with Gasteiger partial charge in [-0.25, -0.2) is 0 Å². The van der Waals surface area contributed by atoms with Crippen LogP contribution in [0.3, 0.4) is 0 Å². The van der Waals surface area contributed by atoms with Crippen LogP contribution in [-0.2, 0) is 16.0 Å². The highest BCUT2D eigenvalue weighted by Crippen LogP contribution is 2.20. The van der Waals surface area contributed by atoms with E-state index in [1.165, 1.54) is 0 Å². The number of carboxylic acids is 1. The van der Waals surface area contributed by atoms with Crippen LogP contribution in [-0.4, -0.2) is 72.1 Å². The van der Waals surface area contributed by atoms with Crippen molar-refractivity contribution in [2.24, 2.45) is 0 Å². The molecule has 0 radical (unpaired) electrons. The molecule has 1 aliphatic heterocycles. The SMILES string of the molecule is CCc1nnc(N(CCC(=O)O)CCN2CCOCC2)s1. The number of hydrogen-bond acceptors (Lipinski definition) is 7.